The monoisotopic (exact) mass is 267 g/mol. The van der Waals surface area contributed by atoms with Crippen molar-refractivity contribution in [2.45, 2.75) is 33.2 Å². The molecule has 17 heavy (non-hydrogen) atoms. The van der Waals surface area contributed by atoms with Gasteiger partial charge in [-0.25, -0.2) is 0 Å². The average molecular weight is 267 g/mol. The molecule has 0 saturated carbocycles. The van der Waals surface area contributed by atoms with Crippen LogP contribution in [0.4, 0.5) is 0 Å². The van der Waals surface area contributed by atoms with Gasteiger partial charge < -0.3 is 5.32 Å². The summed E-state index contributed by atoms with van der Waals surface area (Å²) in [6.07, 6.45) is 0.959. The van der Waals surface area contributed by atoms with Crippen molar-refractivity contribution < 1.29 is 0 Å². The minimum atomic E-state index is 0.530. The number of rotatable bonds is 5. The number of nitrogens with zero attached hydrogens (tertiary/aromatic N) is 2. The standard InChI is InChI=1S/C12H17N3S2/c1-8(2)13-6-4-10-14-15-12(17-10)11-9(3)5-7-16-11/h5,7-8,13H,4,6H2,1-3H3. The highest BCUT2D eigenvalue weighted by Crippen LogP contribution is 2.31. The molecule has 0 amide bonds. The summed E-state index contributed by atoms with van der Waals surface area (Å²) in [7, 11) is 0. The van der Waals surface area contributed by atoms with Crippen LogP contribution in [0.2, 0.25) is 0 Å². The lowest BCUT2D eigenvalue weighted by molar-refractivity contribution is 0.588. The zero-order valence-corrected chi connectivity index (χ0v) is 12.0. The van der Waals surface area contributed by atoms with Gasteiger partial charge in [0.15, 0.2) is 5.01 Å². The molecule has 2 aromatic heterocycles. The molecule has 0 unspecified atom stereocenters. The zero-order chi connectivity index (χ0) is 12.3. The Balaban J connectivity index is 1.99. The molecule has 0 aromatic carbocycles. The van der Waals surface area contributed by atoms with Crippen LogP contribution in [0.15, 0.2) is 11.4 Å². The Morgan fingerprint density at radius 3 is 2.82 bits per heavy atom. The van der Waals surface area contributed by atoms with Crippen molar-refractivity contribution in [1.82, 2.24) is 15.5 Å². The van der Waals surface area contributed by atoms with Gasteiger partial charge in [-0.15, -0.1) is 21.5 Å². The van der Waals surface area contributed by atoms with Gasteiger partial charge in [0.2, 0.25) is 0 Å². The Labute approximate surface area is 110 Å². The van der Waals surface area contributed by atoms with Gasteiger partial charge in [-0.1, -0.05) is 25.2 Å². The largest absolute Gasteiger partial charge is 0.314 e. The van der Waals surface area contributed by atoms with E-state index in [0.29, 0.717) is 6.04 Å². The van der Waals surface area contributed by atoms with E-state index in [0.717, 1.165) is 23.0 Å². The normalized spacial score (nSPS) is 11.3. The summed E-state index contributed by atoms with van der Waals surface area (Å²) < 4.78 is 0. The molecule has 92 valence electrons. The molecule has 0 spiro atoms. The van der Waals surface area contributed by atoms with Crippen LogP contribution in [0.25, 0.3) is 9.88 Å². The van der Waals surface area contributed by atoms with Gasteiger partial charge in [0.05, 0.1) is 4.88 Å². The highest BCUT2D eigenvalue weighted by atomic mass is 32.1. The molecule has 3 nitrogen and oxygen atoms in total. The lowest BCUT2D eigenvalue weighted by Crippen LogP contribution is -2.24. The number of aryl methyl sites for hydroxylation is 1. The van der Waals surface area contributed by atoms with Gasteiger partial charge >= 0.3 is 0 Å². The third-order valence-electron chi connectivity index (χ3n) is 2.41. The number of hydrogen-bond donors (Lipinski definition) is 1. The molecule has 2 heterocycles. The Kier molecular flexibility index (Phi) is 4.25. The first-order valence-corrected chi connectivity index (χ1v) is 7.46. The predicted octanol–water partition coefficient (Wildman–Crippen LogP) is 3.12. The highest BCUT2D eigenvalue weighted by molar-refractivity contribution is 7.20. The van der Waals surface area contributed by atoms with Crippen LogP contribution in [-0.2, 0) is 6.42 Å². The summed E-state index contributed by atoms with van der Waals surface area (Å²) in [5.74, 6) is 0. The van der Waals surface area contributed by atoms with E-state index in [-0.39, 0.29) is 0 Å². The first-order valence-electron chi connectivity index (χ1n) is 5.77. The van der Waals surface area contributed by atoms with E-state index in [1.807, 2.05) is 0 Å². The molecule has 1 N–H and O–H groups in total. The SMILES string of the molecule is Cc1ccsc1-c1nnc(CCNC(C)C)s1. The molecular weight excluding hydrogens is 250 g/mol. The summed E-state index contributed by atoms with van der Waals surface area (Å²) >= 11 is 3.44. The van der Waals surface area contributed by atoms with Crippen molar-refractivity contribution in [1.29, 1.82) is 0 Å². The van der Waals surface area contributed by atoms with E-state index in [1.165, 1.54) is 10.4 Å². The third kappa shape index (κ3) is 3.34. The summed E-state index contributed by atoms with van der Waals surface area (Å²) in [6.45, 7) is 7.39. The van der Waals surface area contributed by atoms with Crippen molar-refractivity contribution in [3.05, 3.63) is 22.0 Å². The lowest BCUT2D eigenvalue weighted by atomic mass is 10.3. The molecule has 2 rings (SSSR count). The van der Waals surface area contributed by atoms with Crippen LogP contribution in [0, 0.1) is 6.92 Å². The first kappa shape index (κ1) is 12.7. The van der Waals surface area contributed by atoms with E-state index in [9.17, 15) is 0 Å². The minimum absolute atomic E-state index is 0.530. The van der Waals surface area contributed by atoms with E-state index < -0.39 is 0 Å². The Bertz CT molecular complexity index is 474. The molecule has 0 fully saturated rings. The molecule has 5 heteroatoms. The van der Waals surface area contributed by atoms with E-state index in [4.69, 9.17) is 0 Å². The van der Waals surface area contributed by atoms with Gasteiger partial charge in [0.25, 0.3) is 0 Å². The fourth-order valence-electron chi connectivity index (χ4n) is 1.51. The number of thiophene rings is 1. The van der Waals surface area contributed by atoms with Crippen molar-refractivity contribution >= 4 is 22.7 Å². The van der Waals surface area contributed by atoms with Gasteiger partial charge in [-0.3, -0.25) is 0 Å². The molecular formula is C12H17N3S2. The lowest BCUT2D eigenvalue weighted by Gasteiger charge is -2.04. The smallest absolute Gasteiger partial charge is 0.158 e. The number of aromatic nitrogens is 2. The van der Waals surface area contributed by atoms with Crippen LogP contribution in [0.1, 0.15) is 24.4 Å². The van der Waals surface area contributed by atoms with Crippen molar-refractivity contribution in [3.8, 4) is 9.88 Å². The first-order chi connectivity index (χ1) is 8.16. The van der Waals surface area contributed by atoms with Gasteiger partial charge in [0.1, 0.15) is 5.01 Å². The van der Waals surface area contributed by atoms with E-state index in [2.05, 4.69) is 47.7 Å². The topological polar surface area (TPSA) is 37.8 Å². The predicted molar refractivity (Wildman–Crippen MR) is 74.8 cm³/mol. The zero-order valence-electron chi connectivity index (χ0n) is 10.4. The number of hydrogen-bond acceptors (Lipinski definition) is 5. The number of nitrogens with one attached hydrogen (secondary N) is 1. The second-order valence-electron chi connectivity index (χ2n) is 4.29. The van der Waals surface area contributed by atoms with Gasteiger partial charge in [-0.05, 0) is 23.9 Å². The second-order valence-corrected chi connectivity index (χ2v) is 6.27. The van der Waals surface area contributed by atoms with E-state index >= 15 is 0 Å². The van der Waals surface area contributed by atoms with Crippen molar-refractivity contribution in [2.24, 2.45) is 0 Å². The molecule has 2 aromatic rings. The van der Waals surface area contributed by atoms with Crippen molar-refractivity contribution in [2.75, 3.05) is 6.54 Å². The molecule has 0 aliphatic heterocycles. The highest BCUT2D eigenvalue weighted by Gasteiger charge is 2.10. The average Bonchev–Trinajstić information content (AvgIpc) is 2.86. The molecule has 0 saturated heterocycles. The summed E-state index contributed by atoms with van der Waals surface area (Å²) in [4.78, 5) is 1.26. The maximum atomic E-state index is 4.27. The maximum Gasteiger partial charge on any atom is 0.158 e. The molecule has 0 aliphatic rings. The molecule has 0 bridgehead atoms. The fraction of sp³-hybridized carbons (Fsp3) is 0.500. The van der Waals surface area contributed by atoms with Crippen molar-refractivity contribution in [3.63, 3.8) is 0 Å². The summed E-state index contributed by atoms with van der Waals surface area (Å²) in [5, 5.41) is 16.2. The Hall–Kier alpha value is -0.780. The second kappa shape index (κ2) is 5.71. The minimum Gasteiger partial charge on any atom is -0.314 e. The Morgan fingerprint density at radius 1 is 1.35 bits per heavy atom. The third-order valence-corrected chi connectivity index (χ3v) is 4.57. The van der Waals surface area contributed by atoms with Crippen LogP contribution >= 0.6 is 22.7 Å². The van der Waals surface area contributed by atoms with Crippen LogP contribution in [0.3, 0.4) is 0 Å². The fourth-order valence-corrected chi connectivity index (χ4v) is 3.42. The molecule has 0 aliphatic carbocycles. The molecule has 0 radical (unpaired) electrons. The van der Waals surface area contributed by atoms with E-state index in [1.54, 1.807) is 22.7 Å². The summed E-state index contributed by atoms with van der Waals surface area (Å²) in [6, 6.07) is 2.66. The van der Waals surface area contributed by atoms with Crippen LogP contribution in [-0.4, -0.2) is 22.8 Å². The maximum absolute atomic E-state index is 4.27. The van der Waals surface area contributed by atoms with Crippen LogP contribution in [0.5, 0.6) is 0 Å². The molecule has 0 atom stereocenters. The summed E-state index contributed by atoms with van der Waals surface area (Å²) in [5.41, 5.74) is 1.29. The Morgan fingerprint density at radius 2 is 2.18 bits per heavy atom. The van der Waals surface area contributed by atoms with Crippen LogP contribution < -0.4 is 5.32 Å². The van der Waals surface area contributed by atoms with Gasteiger partial charge in [0, 0.05) is 19.0 Å². The van der Waals surface area contributed by atoms with Gasteiger partial charge in [-0.2, -0.15) is 0 Å². The quantitative estimate of drug-likeness (QED) is 0.904.